The molecular formula is C19H29N3O2. The molecule has 2 aliphatic heterocycles. The van der Waals surface area contributed by atoms with Gasteiger partial charge >= 0.3 is 0 Å². The number of carbonyl (C=O) groups is 1. The lowest BCUT2D eigenvalue weighted by Gasteiger charge is -2.30. The minimum atomic E-state index is 0.0446. The molecule has 0 aromatic heterocycles. The van der Waals surface area contributed by atoms with Crippen molar-refractivity contribution in [3.63, 3.8) is 0 Å². The van der Waals surface area contributed by atoms with Gasteiger partial charge in [-0.1, -0.05) is 0 Å². The maximum atomic E-state index is 12.2. The third kappa shape index (κ3) is 4.71. The summed E-state index contributed by atoms with van der Waals surface area (Å²) in [5, 5.41) is 12.2. The molecule has 0 spiro atoms. The van der Waals surface area contributed by atoms with E-state index in [1.807, 2.05) is 12.1 Å². The smallest absolute Gasteiger partial charge is 0.238 e. The zero-order chi connectivity index (χ0) is 16.8. The molecule has 2 heterocycles. The molecule has 0 radical (unpaired) electrons. The summed E-state index contributed by atoms with van der Waals surface area (Å²) in [4.78, 5) is 16.8. The van der Waals surface area contributed by atoms with Gasteiger partial charge in [0, 0.05) is 31.1 Å². The standard InChI is InChI=1S/C19H29N3O2/c23-15-16-8-12-21(13-9-16)14-19(24)20-17-4-6-18(7-5-17)22-10-2-1-3-11-22/h4-7,16,23H,1-3,8-15H2,(H,20,24). The zero-order valence-electron chi connectivity index (χ0n) is 14.4. The van der Waals surface area contributed by atoms with Crippen molar-refractivity contribution in [1.82, 2.24) is 4.90 Å². The van der Waals surface area contributed by atoms with Crippen LogP contribution in [0, 0.1) is 5.92 Å². The number of aliphatic hydroxyl groups is 1. The third-order valence-electron chi connectivity index (χ3n) is 5.20. The first-order valence-corrected chi connectivity index (χ1v) is 9.22. The van der Waals surface area contributed by atoms with Crippen LogP contribution in [0.15, 0.2) is 24.3 Å². The Morgan fingerprint density at radius 1 is 1.04 bits per heavy atom. The predicted octanol–water partition coefficient (Wildman–Crippen LogP) is 2.32. The lowest BCUT2D eigenvalue weighted by Crippen LogP contribution is -2.39. The Bertz CT molecular complexity index is 518. The van der Waals surface area contributed by atoms with Gasteiger partial charge in [-0.15, -0.1) is 0 Å². The predicted molar refractivity (Wildman–Crippen MR) is 97.4 cm³/mol. The number of anilines is 2. The third-order valence-corrected chi connectivity index (χ3v) is 5.20. The topological polar surface area (TPSA) is 55.8 Å². The molecule has 0 aliphatic carbocycles. The molecule has 3 rings (SSSR count). The van der Waals surface area contributed by atoms with Gasteiger partial charge in [0.05, 0.1) is 6.54 Å². The summed E-state index contributed by atoms with van der Waals surface area (Å²) >= 11 is 0. The maximum absolute atomic E-state index is 12.2. The van der Waals surface area contributed by atoms with Crippen molar-refractivity contribution in [3.05, 3.63) is 24.3 Å². The van der Waals surface area contributed by atoms with Crippen LogP contribution in [0.4, 0.5) is 11.4 Å². The van der Waals surface area contributed by atoms with Crippen LogP contribution >= 0.6 is 0 Å². The second-order valence-electron chi connectivity index (χ2n) is 7.04. The highest BCUT2D eigenvalue weighted by Crippen LogP contribution is 2.22. The van der Waals surface area contributed by atoms with Crippen molar-refractivity contribution >= 4 is 17.3 Å². The van der Waals surface area contributed by atoms with Crippen LogP contribution in [0.5, 0.6) is 0 Å². The van der Waals surface area contributed by atoms with E-state index in [2.05, 4.69) is 27.2 Å². The molecule has 2 fully saturated rings. The summed E-state index contributed by atoms with van der Waals surface area (Å²) in [6.45, 7) is 4.76. The Hall–Kier alpha value is -1.59. The second-order valence-corrected chi connectivity index (χ2v) is 7.04. The number of nitrogens with zero attached hydrogens (tertiary/aromatic N) is 2. The van der Waals surface area contributed by atoms with Gasteiger partial charge in [0.2, 0.25) is 5.91 Å². The lowest BCUT2D eigenvalue weighted by atomic mass is 9.98. The number of amides is 1. The molecule has 24 heavy (non-hydrogen) atoms. The summed E-state index contributed by atoms with van der Waals surface area (Å²) in [7, 11) is 0. The van der Waals surface area contributed by atoms with Crippen LogP contribution in [0.25, 0.3) is 0 Å². The SMILES string of the molecule is O=C(CN1CCC(CO)CC1)Nc1ccc(N2CCCCC2)cc1. The molecule has 5 nitrogen and oxygen atoms in total. The molecule has 5 heteroatoms. The fourth-order valence-corrected chi connectivity index (χ4v) is 3.64. The van der Waals surface area contributed by atoms with Crippen molar-refractivity contribution in [3.8, 4) is 0 Å². The van der Waals surface area contributed by atoms with Crippen LogP contribution in [0.3, 0.4) is 0 Å². The molecule has 132 valence electrons. The normalized spacial score (nSPS) is 20.1. The number of likely N-dealkylation sites (tertiary alicyclic amines) is 1. The Balaban J connectivity index is 1.46. The Morgan fingerprint density at radius 3 is 2.33 bits per heavy atom. The summed E-state index contributed by atoms with van der Waals surface area (Å²) in [6.07, 6.45) is 5.83. The molecule has 2 saturated heterocycles. The van der Waals surface area contributed by atoms with Gasteiger partial charge in [0.1, 0.15) is 0 Å². The van der Waals surface area contributed by atoms with E-state index >= 15 is 0 Å². The number of nitrogens with one attached hydrogen (secondary N) is 1. The molecule has 2 aliphatic rings. The first kappa shape index (κ1) is 17.2. The summed E-state index contributed by atoms with van der Waals surface area (Å²) in [5.41, 5.74) is 2.12. The highest BCUT2D eigenvalue weighted by molar-refractivity contribution is 5.92. The Morgan fingerprint density at radius 2 is 1.71 bits per heavy atom. The lowest BCUT2D eigenvalue weighted by molar-refractivity contribution is -0.117. The minimum Gasteiger partial charge on any atom is -0.396 e. The van der Waals surface area contributed by atoms with E-state index in [0.29, 0.717) is 12.5 Å². The average molecular weight is 331 g/mol. The molecule has 0 saturated carbocycles. The number of hydrogen-bond donors (Lipinski definition) is 2. The first-order chi connectivity index (χ1) is 11.7. The van der Waals surface area contributed by atoms with Gasteiger partial charge in [-0.05, 0) is 75.4 Å². The van der Waals surface area contributed by atoms with Gasteiger partial charge in [0.25, 0.3) is 0 Å². The number of rotatable bonds is 5. The maximum Gasteiger partial charge on any atom is 0.238 e. The summed E-state index contributed by atoms with van der Waals surface area (Å²) < 4.78 is 0. The summed E-state index contributed by atoms with van der Waals surface area (Å²) in [6, 6.07) is 8.21. The van der Waals surface area contributed by atoms with Crippen molar-refractivity contribution in [2.24, 2.45) is 5.92 Å². The van der Waals surface area contributed by atoms with Gasteiger partial charge in [0.15, 0.2) is 0 Å². The molecule has 1 aromatic rings. The molecule has 2 N–H and O–H groups in total. The molecule has 1 amide bonds. The van der Waals surface area contributed by atoms with Crippen LogP contribution in [-0.4, -0.2) is 55.2 Å². The molecule has 1 aromatic carbocycles. The van der Waals surface area contributed by atoms with Gasteiger partial charge in [-0.25, -0.2) is 0 Å². The van der Waals surface area contributed by atoms with Gasteiger partial charge in [-0.3, -0.25) is 9.69 Å². The van der Waals surface area contributed by atoms with E-state index in [-0.39, 0.29) is 12.5 Å². The summed E-state index contributed by atoms with van der Waals surface area (Å²) in [5.74, 6) is 0.454. The van der Waals surface area contributed by atoms with Crippen LogP contribution in [0.2, 0.25) is 0 Å². The van der Waals surface area contributed by atoms with E-state index < -0.39 is 0 Å². The number of piperidine rings is 2. The monoisotopic (exact) mass is 331 g/mol. The quantitative estimate of drug-likeness (QED) is 0.869. The van der Waals surface area contributed by atoms with Crippen LogP contribution in [0.1, 0.15) is 32.1 Å². The first-order valence-electron chi connectivity index (χ1n) is 9.22. The largest absolute Gasteiger partial charge is 0.396 e. The zero-order valence-corrected chi connectivity index (χ0v) is 14.4. The van der Waals surface area contributed by atoms with E-state index in [0.717, 1.165) is 44.7 Å². The van der Waals surface area contributed by atoms with Crippen LogP contribution in [-0.2, 0) is 4.79 Å². The molecular weight excluding hydrogens is 302 g/mol. The van der Waals surface area contributed by atoms with Crippen LogP contribution < -0.4 is 10.2 Å². The molecule has 0 atom stereocenters. The van der Waals surface area contributed by atoms with Crippen molar-refractivity contribution in [2.75, 3.05) is 49.5 Å². The number of benzene rings is 1. The van der Waals surface area contributed by atoms with E-state index in [1.54, 1.807) is 0 Å². The minimum absolute atomic E-state index is 0.0446. The number of hydrogen-bond acceptors (Lipinski definition) is 4. The van der Waals surface area contributed by atoms with Crippen molar-refractivity contribution < 1.29 is 9.90 Å². The number of aliphatic hydroxyl groups excluding tert-OH is 1. The molecule has 0 bridgehead atoms. The van der Waals surface area contributed by atoms with Gasteiger partial charge < -0.3 is 15.3 Å². The van der Waals surface area contributed by atoms with Crippen molar-refractivity contribution in [2.45, 2.75) is 32.1 Å². The van der Waals surface area contributed by atoms with Gasteiger partial charge in [-0.2, -0.15) is 0 Å². The molecule has 0 unspecified atom stereocenters. The number of carbonyl (C=O) groups excluding carboxylic acids is 1. The Labute approximate surface area is 144 Å². The average Bonchev–Trinajstić information content (AvgIpc) is 2.64. The van der Waals surface area contributed by atoms with E-state index in [9.17, 15) is 4.79 Å². The van der Waals surface area contributed by atoms with Crippen molar-refractivity contribution in [1.29, 1.82) is 0 Å². The fraction of sp³-hybridized carbons (Fsp3) is 0.632. The fourth-order valence-electron chi connectivity index (χ4n) is 3.64. The van der Waals surface area contributed by atoms with E-state index in [1.165, 1.54) is 24.9 Å². The highest BCUT2D eigenvalue weighted by atomic mass is 16.3. The van der Waals surface area contributed by atoms with E-state index in [4.69, 9.17) is 5.11 Å². The highest BCUT2D eigenvalue weighted by Gasteiger charge is 2.20. The Kier molecular flexibility index (Phi) is 6.10. The second kappa shape index (κ2) is 8.49.